The average molecular weight is 255 g/mol. The molecule has 0 aromatic carbocycles. The first-order valence-corrected chi connectivity index (χ1v) is 8.37. The second-order valence-electron chi connectivity index (χ2n) is 4.47. The molecule has 0 aliphatic heterocycles. The van der Waals surface area contributed by atoms with E-state index < -0.39 is 0 Å². The average Bonchev–Trinajstić information content (AvgIpc) is 2.83. The van der Waals surface area contributed by atoms with E-state index in [0.29, 0.717) is 0 Å². The summed E-state index contributed by atoms with van der Waals surface area (Å²) in [4.78, 5) is 0. The van der Waals surface area contributed by atoms with Crippen LogP contribution in [-0.2, 0) is 5.75 Å². The fraction of sp³-hybridized carbons (Fsp3) is 0.692. The van der Waals surface area contributed by atoms with Crippen molar-refractivity contribution in [2.24, 2.45) is 0 Å². The maximum atomic E-state index is 3.68. The number of hydrogen-bond donors (Lipinski definition) is 1. The molecule has 90 valence electrons. The lowest BCUT2D eigenvalue weighted by Crippen LogP contribution is -2.32. The molecule has 0 atom stereocenters. The summed E-state index contributed by atoms with van der Waals surface area (Å²) in [6.45, 7) is 1.18. The molecule has 0 saturated heterocycles. The van der Waals surface area contributed by atoms with Crippen LogP contribution in [0.4, 0.5) is 0 Å². The summed E-state index contributed by atoms with van der Waals surface area (Å²) < 4.78 is 0. The van der Waals surface area contributed by atoms with Crippen LogP contribution in [0.2, 0.25) is 0 Å². The highest BCUT2D eigenvalue weighted by atomic mass is 32.2. The number of nitrogens with one attached hydrogen (secondary N) is 1. The van der Waals surface area contributed by atoms with Crippen LogP contribution in [0.1, 0.15) is 37.7 Å². The molecule has 1 aliphatic carbocycles. The highest BCUT2D eigenvalue weighted by molar-refractivity contribution is 7.98. The third kappa shape index (κ3) is 4.48. The molecule has 0 spiro atoms. The minimum absolute atomic E-state index is 0.815. The SMILES string of the molecule is c1cc(CSCCNC2CCCCC2)cs1. The molecule has 3 heteroatoms. The lowest BCUT2D eigenvalue weighted by Gasteiger charge is -2.22. The third-order valence-corrected chi connectivity index (χ3v) is 4.90. The van der Waals surface area contributed by atoms with Gasteiger partial charge in [0, 0.05) is 24.1 Å². The Bertz CT molecular complexity index is 265. The Morgan fingerprint density at radius 1 is 1.31 bits per heavy atom. The highest BCUT2D eigenvalue weighted by Gasteiger charge is 2.11. The molecular weight excluding hydrogens is 234 g/mol. The fourth-order valence-corrected chi connectivity index (χ4v) is 3.80. The van der Waals surface area contributed by atoms with E-state index in [0.717, 1.165) is 6.04 Å². The van der Waals surface area contributed by atoms with Crippen LogP contribution >= 0.6 is 23.1 Å². The number of rotatable bonds is 6. The van der Waals surface area contributed by atoms with E-state index >= 15 is 0 Å². The van der Waals surface area contributed by atoms with E-state index in [9.17, 15) is 0 Å². The molecule has 1 nitrogen and oxygen atoms in total. The number of thiophene rings is 1. The maximum Gasteiger partial charge on any atom is 0.0193 e. The summed E-state index contributed by atoms with van der Waals surface area (Å²) in [7, 11) is 0. The Hall–Kier alpha value is 0.01000. The van der Waals surface area contributed by atoms with Gasteiger partial charge in [-0.3, -0.25) is 0 Å². The van der Waals surface area contributed by atoms with E-state index in [4.69, 9.17) is 0 Å². The van der Waals surface area contributed by atoms with Crippen LogP contribution < -0.4 is 5.32 Å². The van der Waals surface area contributed by atoms with Crippen LogP contribution in [0.25, 0.3) is 0 Å². The molecule has 2 rings (SSSR count). The molecule has 0 radical (unpaired) electrons. The van der Waals surface area contributed by atoms with Crippen molar-refractivity contribution in [1.82, 2.24) is 5.32 Å². The van der Waals surface area contributed by atoms with Crippen LogP contribution in [0.15, 0.2) is 16.8 Å². The molecule has 1 aliphatic rings. The van der Waals surface area contributed by atoms with Crippen molar-refractivity contribution in [3.8, 4) is 0 Å². The summed E-state index contributed by atoms with van der Waals surface area (Å²) in [6, 6.07) is 3.04. The standard InChI is InChI=1S/C13H21NS2/c1-2-4-13(5-3-1)14-7-9-16-11-12-6-8-15-10-12/h6,8,10,13-14H,1-5,7,9,11H2. The quantitative estimate of drug-likeness (QED) is 0.774. The van der Waals surface area contributed by atoms with Crippen molar-refractivity contribution in [2.75, 3.05) is 12.3 Å². The normalized spacial score (nSPS) is 17.8. The first kappa shape index (κ1) is 12.5. The predicted molar refractivity (Wildman–Crippen MR) is 75.4 cm³/mol. The summed E-state index contributed by atoms with van der Waals surface area (Å²) in [5.74, 6) is 2.42. The Morgan fingerprint density at radius 2 is 2.19 bits per heavy atom. The van der Waals surface area contributed by atoms with Crippen molar-refractivity contribution < 1.29 is 0 Å². The second kappa shape index (κ2) is 7.36. The zero-order valence-corrected chi connectivity index (χ0v) is 11.4. The van der Waals surface area contributed by atoms with E-state index in [2.05, 4.69) is 22.1 Å². The van der Waals surface area contributed by atoms with Gasteiger partial charge in [0.2, 0.25) is 0 Å². The highest BCUT2D eigenvalue weighted by Crippen LogP contribution is 2.18. The summed E-state index contributed by atoms with van der Waals surface area (Å²) in [5.41, 5.74) is 1.48. The van der Waals surface area contributed by atoms with Gasteiger partial charge < -0.3 is 5.32 Å². The first-order chi connectivity index (χ1) is 7.95. The molecule has 1 saturated carbocycles. The molecule has 1 aromatic heterocycles. The van der Waals surface area contributed by atoms with Gasteiger partial charge in [0.25, 0.3) is 0 Å². The van der Waals surface area contributed by atoms with Crippen LogP contribution in [0.3, 0.4) is 0 Å². The second-order valence-corrected chi connectivity index (χ2v) is 6.36. The van der Waals surface area contributed by atoms with Gasteiger partial charge in [-0.05, 0) is 35.2 Å². The fourth-order valence-electron chi connectivity index (χ4n) is 2.21. The zero-order chi connectivity index (χ0) is 11.1. The van der Waals surface area contributed by atoms with E-state index in [1.165, 1.54) is 55.7 Å². The van der Waals surface area contributed by atoms with Gasteiger partial charge in [-0.25, -0.2) is 0 Å². The summed E-state index contributed by atoms with van der Waals surface area (Å²) in [6.07, 6.45) is 7.11. The molecule has 1 N–H and O–H groups in total. The van der Waals surface area contributed by atoms with Crippen molar-refractivity contribution in [3.63, 3.8) is 0 Å². The molecular formula is C13H21NS2. The minimum Gasteiger partial charge on any atom is -0.313 e. The number of thioether (sulfide) groups is 1. The molecule has 0 unspecified atom stereocenters. The first-order valence-electron chi connectivity index (χ1n) is 6.27. The molecule has 0 amide bonds. The van der Waals surface area contributed by atoms with Gasteiger partial charge in [0.1, 0.15) is 0 Å². The third-order valence-electron chi connectivity index (χ3n) is 3.13. The largest absolute Gasteiger partial charge is 0.313 e. The molecule has 1 heterocycles. The van der Waals surface area contributed by atoms with Gasteiger partial charge in [0.15, 0.2) is 0 Å². The van der Waals surface area contributed by atoms with Gasteiger partial charge in [-0.1, -0.05) is 19.3 Å². The molecule has 16 heavy (non-hydrogen) atoms. The van der Waals surface area contributed by atoms with E-state index in [1.54, 1.807) is 11.3 Å². The lowest BCUT2D eigenvalue weighted by atomic mass is 9.96. The molecule has 1 fully saturated rings. The van der Waals surface area contributed by atoms with Crippen LogP contribution in [0, 0.1) is 0 Å². The Balaban J connectivity index is 1.48. The van der Waals surface area contributed by atoms with Crippen molar-refractivity contribution in [1.29, 1.82) is 0 Å². The van der Waals surface area contributed by atoms with Crippen molar-refractivity contribution >= 4 is 23.1 Å². The lowest BCUT2D eigenvalue weighted by molar-refractivity contribution is 0.381. The topological polar surface area (TPSA) is 12.0 Å². The smallest absolute Gasteiger partial charge is 0.0193 e. The molecule has 0 bridgehead atoms. The van der Waals surface area contributed by atoms with Crippen molar-refractivity contribution in [2.45, 2.75) is 43.9 Å². The number of hydrogen-bond acceptors (Lipinski definition) is 3. The summed E-state index contributed by atoms with van der Waals surface area (Å²) in [5, 5.41) is 8.10. The predicted octanol–water partition coefficient (Wildman–Crippen LogP) is 3.90. The van der Waals surface area contributed by atoms with Gasteiger partial charge in [-0.15, -0.1) is 0 Å². The van der Waals surface area contributed by atoms with Gasteiger partial charge in [-0.2, -0.15) is 23.1 Å². The van der Waals surface area contributed by atoms with Crippen LogP contribution in [0.5, 0.6) is 0 Å². The Kier molecular flexibility index (Phi) is 5.73. The molecule has 1 aromatic rings. The van der Waals surface area contributed by atoms with E-state index in [-0.39, 0.29) is 0 Å². The van der Waals surface area contributed by atoms with Crippen molar-refractivity contribution in [3.05, 3.63) is 22.4 Å². The van der Waals surface area contributed by atoms with Crippen LogP contribution in [-0.4, -0.2) is 18.3 Å². The van der Waals surface area contributed by atoms with Gasteiger partial charge >= 0.3 is 0 Å². The van der Waals surface area contributed by atoms with Gasteiger partial charge in [0.05, 0.1) is 0 Å². The minimum atomic E-state index is 0.815. The maximum absolute atomic E-state index is 3.68. The zero-order valence-electron chi connectivity index (χ0n) is 9.78. The summed E-state index contributed by atoms with van der Waals surface area (Å²) >= 11 is 3.84. The van der Waals surface area contributed by atoms with E-state index in [1.807, 2.05) is 11.8 Å². The Morgan fingerprint density at radius 3 is 2.94 bits per heavy atom. The Labute approximate surface area is 107 Å². The monoisotopic (exact) mass is 255 g/mol.